The highest BCUT2D eigenvalue weighted by Gasteiger charge is 2.26. The van der Waals surface area contributed by atoms with Gasteiger partial charge in [-0.05, 0) is 39.3 Å². The van der Waals surface area contributed by atoms with Crippen molar-refractivity contribution in [1.29, 1.82) is 0 Å². The van der Waals surface area contributed by atoms with Crippen LogP contribution in [0.1, 0.15) is 47.9 Å². The molecule has 1 saturated heterocycles. The third-order valence-corrected chi connectivity index (χ3v) is 4.52. The number of rotatable bonds is 3. The van der Waals surface area contributed by atoms with Crippen LogP contribution < -0.4 is 0 Å². The zero-order valence-electron chi connectivity index (χ0n) is 12.6. The van der Waals surface area contributed by atoms with Crippen molar-refractivity contribution < 1.29 is 0 Å². The lowest BCUT2D eigenvalue weighted by molar-refractivity contribution is 0.136. The second kappa shape index (κ2) is 5.40. The van der Waals surface area contributed by atoms with Crippen LogP contribution in [0.3, 0.4) is 0 Å². The fraction of sp³-hybridized carbons (Fsp3) is 0.600. The van der Waals surface area contributed by atoms with Gasteiger partial charge >= 0.3 is 0 Å². The lowest BCUT2D eigenvalue weighted by Crippen LogP contribution is -2.33. The van der Waals surface area contributed by atoms with Crippen LogP contribution in [0.5, 0.6) is 0 Å². The van der Waals surface area contributed by atoms with E-state index in [1.807, 2.05) is 17.9 Å². The summed E-state index contributed by atoms with van der Waals surface area (Å²) in [5.74, 6) is 0. The summed E-state index contributed by atoms with van der Waals surface area (Å²) in [6.07, 6.45) is 5.64. The molecule has 2 aromatic heterocycles. The number of aromatic amines is 1. The summed E-state index contributed by atoms with van der Waals surface area (Å²) in [6, 6.07) is 2.57. The van der Waals surface area contributed by atoms with Gasteiger partial charge in [-0.1, -0.05) is 6.42 Å². The Morgan fingerprint density at radius 3 is 2.85 bits per heavy atom. The maximum absolute atomic E-state index is 4.53. The fourth-order valence-corrected chi connectivity index (χ4v) is 3.23. The molecule has 0 saturated carbocycles. The van der Waals surface area contributed by atoms with E-state index in [-0.39, 0.29) is 0 Å². The Morgan fingerprint density at radius 1 is 1.35 bits per heavy atom. The predicted octanol–water partition coefficient (Wildman–Crippen LogP) is 2.49. The molecular formula is C15H23N5. The zero-order chi connectivity index (χ0) is 14.1. The Balaban J connectivity index is 1.84. The van der Waals surface area contributed by atoms with Gasteiger partial charge < -0.3 is 0 Å². The summed E-state index contributed by atoms with van der Waals surface area (Å²) in [5.41, 5.74) is 5.04. The van der Waals surface area contributed by atoms with Gasteiger partial charge in [0.15, 0.2) is 0 Å². The van der Waals surface area contributed by atoms with E-state index in [0.29, 0.717) is 6.04 Å². The molecule has 1 atom stereocenters. The van der Waals surface area contributed by atoms with Gasteiger partial charge in [0.25, 0.3) is 0 Å². The number of nitrogens with one attached hydrogen (secondary N) is 1. The predicted molar refractivity (Wildman–Crippen MR) is 78.3 cm³/mol. The normalized spacial score (nSPS) is 20.4. The molecule has 108 valence electrons. The molecule has 0 amide bonds. The molecule has 1 N–H and O–H groups in total. The van der Waals surface area contributed by atoms with Gasteiger partial charge in [0.2, 0.25) is 0 Å². The first-order valence-corrected chi connectivity index (χ1v) is 7.39. The molecule has 1 fully saturated rings. The van der Waals surface area contributed by atoms with E-state index in [2.05, 4.69) is 40.1 Å². The number of aryl methyl sites for hydroxylation is 2. The minimum Gasteiger partial charge on any atom is -0.290 e. The first-order valence-electron chi connectivity index (χ1n) is 7.39. The Morgan fingerprint density at radius 2 is 2.20 bits per heavy atom. The fourth-order valence-electron chi connectivity index (χ4n) is 3.23. The molecule has 0 unspecified atom stereocenters. The van der Waals surface area contributed by atoms with Gasteiger partial charge in [0, 0.05) is 31.0 Å². The molecule has 20 heavy (non-hydrogen) atoms. The van der Waals surface area contributed by atoms with Crippen molar-refractivity contribution in [2.75, 3.05) is 6.54 Å². The second-order valence-electron chi connectivity index (χ2n) is 5.77. The van der Waals surface area contributed by atoms with Crippen molar-refractivity contribution in [2.24, 2.45) is 7.05 Å². The quantitative estimate of drug-likeness (QED) is 0.934. The van der Waals surface area contributed by atoms with E-state index in [1.54, 1.807) is 0 Å². The van der Waals surface area contributed by atoms with Gasteiger partial charge in [-0.2, -0.15) is 10.2 Å². The summed E-state index contributed by atoms with van der Waals surface area (Å²) in [5, 5.41) is 11.8. The second-order valence-corrected chi connectivity index (χ2v) is 5.77. The van der Waals surface area contributed by atoms with E-state index >= 15 is 0 Å². The van der Waals surface area contributed by atoms with E-state index in [1.165, 1.54) is 36.2 Å². The Labute approximate surface area is 120 Å². The van der Waals surface area contributed by atoms with Gasteiger partial charge in [-0.25, -0.2) is 0 Å². The van der Waals surface area contributed by atoms with Crippen molar-refractivity contribution in [3.63, 3.8) is 0 Å². The average molecular weight is 273 g/mol. The van der Waals surface area contributed by atoms with Crippen LogP contribution in [-0.4, -0.2) is 31.4 Å². The number of piperidine rings is 1. The van der Waals surface area contributed by atoms with Crippen molar-refractivity contribution in [3.05, 3.63) is 34.9 Å². The first kappa shape index (κ1) is 13.4. The molecule has 0 spiro atoms. The summed E-state index contributed by atoms with van der Waals surface area (Å²) < 4.78 is 1.99. The minimum atomic E-state index is 0.463. The third-order valence-electron chi connectivity index (χ3n) is 4.52. The smallest absolute Gasteiger partial charge is 0.0641 e. The summed E-state index contributed by atoms with van der Waals surface area (Å²) >= 11 is 0. The van der Waals surface area contributed by atoms with Gasteiger partial charge in [-0.3, -0.25) is 14.7 Å². The van der Waals surface area contributed by atoms with Crippen LogP contribution >= 0.6 is 0 Å². The van der Waals surface area contributed by atoms with Crippen LogP contribution in [0.2, 0.25) is 0 Å². The molecule has 1 aliphatic rings. The molecule has 1 aliphatic heterocycles. The van der Waals surface area contributed by atoms with E-state index in [0.717, 1.165) is 18.8 Å². The molecule has 0 aliphatic carbocycles. The topological polar surface area (TPSA) is 49.7 Å². The summed E-state index contributed by atoms with van der Waals surface area (Å²) in [6.45, 7) is 6.40. The molecule has 0 bridgehead atoms. The number of nitrogens with zero attached hydrogens (tertiary/aromatic N) is 4. The SMILES string of the molecule is Cc1nn(C)c(C)c1CN1CCCC[C@@H]1c1ccn[nH]1. The largest absolute Gasteiger partial charge is 0.290 e. The van der Waals surface area contributed by atoms with Crippen molar-refractivity contribution in [3.8, 4) is 0 Å². The maximum Gasteiger partial charge on any atom is 0.0641 e. The monoisotopic (exact) mass is 273 g/mol. The highest BCUT2D eigenvalue weighted by Crippen LogP contribution is 2.31. The van der Waals surface area contributed by atoms with E-state index < -0.39 is 0 Å². The Hall–Kier alpha value is -1.62. The van der Waals surface area contributed by atoms with Crippen molar-refractivity contribution in [1.82, 2.24) is 24.9 Å². The highest BCUT2D eigenvalue weighted by molar-refractivity contribution is 5.24. The van der Waals surface area contributed by atoms with Crippen molar-refractivity contribution in [2.45, 2.75) is 45.7 Å². The molecule has 0 aromatic carbocycles. The van der Waals surface area contributed by atoms with Crippen LogP contribution in [0.25, 0.3) is 0 Å². The highest BCUT2D eigenvalue weighted by atomic mass is 15.3. The first-order chi connectivity index (χ1) is 9.66. The van der Waals surface area contributed by atoms with Gasteiger partial charge in [0.05, 0.1) is 17.4 Å². The number of H-pyrrole nitrogens is 1. The standard InChI is InChI=1S/C15H23N5/c1-11-13(12(2)19(3)18-11)10-20-9-5-4-6-15(20)14-7-8-16-17-14/h7-8,15H,4-6,9-10H2,1-3H3,(H,16,17)/t15-/m1/s1. The van der Waals surface area contributed by atoms with Crippen LogP contribution in [-0.2, 0) is 13.6 Å². The van der Waals surface area contributed by atoms with Crippen molar-refractivity contribution >= 4 is 0 Å². The zero-order valence-corrected chi connectivity index (χ0v) is 12.6. The van der Waals surface area contributed by atoms with Gasteiger partial charge in [0.1, 0.15) is 0 Å². The number of likely N-dealkylation sites (tertiary alicyclic amines) is 1. The summed E-state index contributed by atoms with van der Waals surface area (Å²) in [4.78, 5) is 2.56. The van der Waals surface area contributed by atoms with Crippen LogP contribution in [0.4, 0.5) is 0 Å². The lowest BCUT2D eigenvalue weighted by atomic mass is 9.98. The molecule has 3 heterocycles. The Kier molecular flexibility index (Phi) is 3.61. The van der Waals surface area contributed by atoms with Gasteiger partial charge in [-0.15, -0.1) is 0 Å². The maximum atomic E-state index is 4.53. The summed E-state index contributed by atoms with van der Waals surface area (Å²) in [7, 11) is 2.02. The number of hydrogen-bond acceptors (Lipinski definition) is 3. The molecule has 5 heteroatoms. The molecule has 5 nitrogen and oxygen atoms in total. The molecular weight excluding hydrogens is 250 g/mol. The van der Waals surface area contributed by atoms with Crippen LogP contribution in [0, 0.1) is 13.8 Å². The molecule has 2 aromatic rings. The van der Waals surface area contributed by atoms with Crippen LogP contribution in [0.15, 0.2) is 12.3 Å². The van der Waals surface area contributed by atoms with E-state index in [9.17, 15) is 0 Å². The minimum absolute atomic E-state index is 0.463. The average Bonchev–Trinajstić information content (AvgIpc) is 3.04. The molecule has 0 radical (unpaired) electrons. The molecule has 3 rings (SSSR count). The Bertz CT molecular complexity index is 569. The third kappa shape index (κ3) is 2.38. The lowest BCUT2D eigenvalue weighted by Gasteiger charge is -2.35. The number of hydrogen-bond donors (Lipinski definition) is 1. The number of aromatic nitrogens is 4. The van der Waals surface area contributed by atoms with E-state index in [4.69, 9.17) is 0 Å².